The molecule has 16 heteroatoms. The van der Waals surface area contributed by atoms with Gasteiger partial charge in [0.25, 0.3) is 11.8 Å². The lowest BCUT2D eigenvalue weighted by Gasteiger charge is -2.35. The summed E-state index contributed by atoms with van der Waals surface area (Å²) in [7, 11) is 0. The average molecular weight is 515 g/mol. The van der Waals surface area contributed by atoms with Crippen LogP contribution < -0.4 is 10.6 Å². The first-order valence-corrected chi connectivity index (χ1v) is 8.86. The lowest BCUT2D eigenvalue weighted by Crippen LogP contribution is -2.44. The molecule has 0 aliphatic heterocycles. The molecule has 2 atom stereocenters. The van der Waals surface area contributed by atoms with Crippen LogP contribution in [0.25, 0.3) is 5.57 Å². The van der Waals surface area contributed by atoms with Crippen molar-refractivity contribution in [3.05, 3.63) is 11.7 Å². The van der Waals surface area contributed by atoms with Crippen LogP contribution in [0.15, 0.2) is 5.83 Å². The van der Waals surface area contributed by atoms with Gasteiger partial charge in [0.15, 0.2) is 11.9 Å². The topological polar surface area (TPSA) is 83.0 Å². The van der Waals surface area contributed by atoms with Crippen molar-refractivity contribution in [2.24, 2.45) is 0 Å². The molecule has 0 unspecified atom stereocenters. The summed E-state index contributed by atoms with van der Waals surface area (Å²) in [5, 5.41) is 13.9. The van der Waals surface area contributed by atoms with E-state index in [1.807, 2.05) is 5.32 Å². The molecule has 2 aliphatic carbocycles. The molecule has 3 rings (SSSR count). The maximum absolute atomic E-state index is 14.3. The van der Waals surface area contributed by atoms with E-state index in [0.717, 1.165) is 6.92 Å². The van der Waals surface area contributed by atoms with E-state index in [0.29, 0.717) is 0 Å². The lowest BCUT2D eigenvalue weighted by molar-refractivity contribution is -0.138. The Morgan fingerprint density at radius 3 is 2.12 bits per heavy atom. The maximum atomic E-state index is 14.3. The number of allylic oxidation sites excluding steroid dienone is 1. The number of rotatable bonds is 5. The monoisotopic (exact) mass is 515 g/mol. The van der Waals surface area contributed by atoms with Crippen molar-refractivity contribution in [3.63, 3.8) is 0 Å². The summed E-state index contributed by atoms with van der Waals surface area (Å²) in [4.78, 5) is 11.1. The Morgan fingerprint density at radius 1 is 1.03 bits per heavy atom. The van der Waals surface area contributed by atoms with E-state index in [1.54, 1.807) is 0 Å². The van der Waals surface area contributed by atoms with Crippen molar-refractivity contribution < 1.29 is 40.2 Å². The molecule has 1 fully saturated rings. The highest BCUT2D eigenvalue weighted by Crippen LogP contribution is 2.42. The standard InChI is InChI=1S/C16H17F8N5O.2H2S/c1-6(16(22,23)24)25-12-27-11(8-2-3-15(20,21)10(30)9(8)17)28-13(29-12)26-7-4-14(18,19)5-7;;/h6-7,10,30H,2-5H2,1H3,(H2,25,26,27,28,29);2*1H2/t6-,10-;;/m0../s1. The van der Waals surface area contributed by atoms with Gasteiger partial charge in [-0.1, -0.05) is 0 Å². The van der Waals surface area contributed by atoms with Crippen LogP contribution in [-0.2, 0) is 0 Å². The Kier molecular flexibility index (Phi) is 8.68. The second kappa shape index (κ2) is 9.75. The Hall–Kier alpha value is -1.55. The molecule has 3 N–H and O–H groups in total. The Balaban J connectivity index is 0.00000256. The van der Waals surface area contributed by atoms with E-state index in [-0.39, 0.29) is 27.0 Å². The van der Waals surface area contributed by atoms with Gasteiger partial charge < -0.3 is 15.7 Å². The Bertz CT molecular complexity index is 846. The molecule has 1 saturated carbocycles. The molecular formula is C16H21F8N5OS2. The van der Waals surface area contributed by atoms with Crippen LogP contribution in [0.4, 0.5) is 47.0 Å². The van der Waals surface area contributed by atoms with E-state index in [1.165, 1.54) is 0 Å². The van der Waals surface area contributed by atoms with Gasteiger partial charge in [-0.2, -0.15) is 55.1 Å². The molecule has 6 nitrogen and oxygen atoms in total. The summed E-state index contributed by atoms with van der Waals surface area (Å²) in [5.74, 6) is -9.93. The largest absolute Gasteiger partial charge is 0.408 e. The Labute approximate surface area is 191 Å². The molecule has 0 amide bonds. The average Bonchev–Trinajstić information content (AvgIpc) is 2.57. The van der Waals surface area contributed by atoms with Crippen LogP contribution in [0.2, 0.25) is 0 Å². The predicted molar refractivity (Wildman–Crippen MR) is 110 cm³/mol. The number of hydrogen-bond donors (Lipinski definition) is 3. The quantitative estimate of drug-likeness (QED) is 0.512. The van der Waals surface area contributed by atoms with E-state index >= 15 is 0 Å². The van der Waals surface area contributed by atoms with Crippen molar-refractivity contribution in [2.45, 2.75) is 68.8 Å². The minimum absolute atomic E-state index is 0. The number of aromatic nitrogens is 3. The first-order valence-electron chi connectivity index (χ1n) is 8.86. The van der Waals surface area contributed by atoms with Crippen molar-refractivity contribution >= 4 is 44.5 Å². The van der Waals surface area contributed by atoms with Gasteiger partial charge in [-0.3, -0.25) is 0 Å². The number of alkyl halides is 7. The number of halogens is 8. The molecule has 2 aliphatic rings. The molecule has 1 aromatic heterocycles. The molecular weight excluding hydrogens is 494 g/mol. The molecule has 0 aromatic carbocycles. The van der Waals surface area contributed by atoms with Gasteiger partial charge in [-0.15, -0.1) is 0 Å². The van der Waals surface area contributed by atoms with Crippen LogP contribution >= 0.6 is 27.0 Å². The molecule has 1 heterocycles. The predicted octanol–water partition coefficient (Wildman–Crippen LogP) is 4.14. The Morgan fingerprint density at radius 2 is 1.59 bits per heavy atom. The normalized spacial score (nSPS) is 23.4. The SMILES string of the molecule is C[C@H](Nc1nc(NC2CC(F)(F)C2)nc(C2=C(F)[C@H](O)C(F)(F)CC2)n1)C(F)(F)F.S.S. The second-order valence-electron chi connectivity index (χ2n) is 7.31. The molecule has 32 heavy (non-hydrogen) atoms. The third kappa shape index (κ3) is 6.27. The van der Waals surface area contributed by atoms with E-state index in [4.69, 9.17) is 0 Å². The highest BCUT2D eigenvalue weighted by atomic mass is 32.1. The smallest absolute Gasteiger partial charge is 0.380 e. The molecule has 0 saturated heterocycles. The van der Waals surface area contributed by atoms with Gasteiger partial charge in [-0.25, -0.2) is 22.0 Å². The molecule has 0 radical (unpaired) electrons. The van der Waals surface area contributed by atoms with Crippen molar-refractivity contribution in [2.75, 3.05) is 10.6 Å². The lowest BCUT2D eigenvalue weighted by atomic mass is 9.88. The number of anilines is 2. The van der Waals surface area contributed by atoms with Gasteiger partial charge in [0.1, 0.15) is 11.9 Å². The minimum Gasteiger partial charge on any atom is -0.380 e. The third-order valence-electron chi connectivity index (χ3n) is 4.80. The fraction of sp³-hybridized carbons (Fsp3) is 0.688. The first-order chi connectivity index (χ1) is 13.7. The van der Waals surface area contributed by atoms with Crippen LogP contribution in [0.5, 0.6) is 0 Å². The van der Waals surface area contributed by atoms with Gasteiger partial charge in [0.05, 0.1) is 0 Å². The van der Waals surface area contributed by atoms with E-state index < -0.39 is 91.0 Å². The number of nitrogens with zero attached hydrogens (tertiary/aromatic N) is 3. The van der Waals surface area contributed by atoms with Gasteiger partial charge in [0, 0.05) is 30.9 Å². The fourth-order valence-corrected chi connectivity index (χ4v) is 2.98. The summed E-state index contributed by atoms with van der Waals surface area (Å²) in [6.45, 7) is 0.758. The molecule has 0 bridgehead atoms. The van der Waals surface area contributed by atoms with Crippen molar-refractivity contribution in [3.8, 4) is 0 Å². The summed E-state index contributed by atoms with van der Waals surface area (Å²) >= 11 is 0. The van der Waals surface area contributed by atoms with Crippen LogP contribution in [0.3, 0.4) is 0 Å². The fourth-order valence-electron chi connectivity index (χ4n) is 2.98. The summed E-state index contributed by atoms with van der Waals surface area (Å²) < 4.78 is 106. The zero-order chi connectivity index (χ0) is 22.5. The highest BCUT2D eigenvalue weighted by Gasteiger charge is 2.47. The number of nitrogens with one attached hydrogen (secondary N) is 2. The van der Waals surface area contributed by atoms with Gasteiger partial charge >= 0.3 is 6.18 Å². The molecule has 0 spiro atoms. The maximum Gasteiger partial charge on any atom is 0.408 e. The molecule has 1 aromatic rings. The third-order valence-corrected chi connectivity index (χ3v) is 4.80. The first kappa shape index (κ1) is 28.5. The molecule has 184 valence electrons. The van der Waals surface area contributed by atoms with Crippen molar-refractivity contribution in [1.29, 1.82) is 0 Å². The summed E-state index contributed by atoms with van der Waals surface area (Å²) in [5.41, 5.74) is -0.527. The van der Waals surface area contributed by atoms with Gasteiger partial charge in [0.2, 0.25) is 11.9 Å². The number of aliphatic hydroxyl groups is 1. The number of aliphatic hydroxyl groups excluding tert-OH is 1. The second-order valence-corrected chi connectivity index (χ2v) is 7.31. The highest BCUT2D eigenvalue weighted by molar-refractivity contribution is 7.59. The van der Waals surface area contributed by atoms with E-state index in [9.17, 15) is 40.2 Å². The zero-order valence-corrected chi connectivity index (χ0v) is 18.4. The van der Waals surface area contributed by atoms with Crippen LogP contribution in [-0.4, -0.2) is 56.3 Å². The van der Waals surface area contributed by atoms with Gasteiger partial charge in [-0.05, 0) is 13.3 Å². The summed E-state index contributed by atoms with van der Waals surface area (Å²) in [6, 6.07) is -2.92. The zero-order valence-electron chi connectivity index (χ0n) is 16.4. The van der Waals surface area contributed by atoms with Crippen LogP contribution in [0, 0.1) is 0 Å². The number of hydrogen-bond acceptors (Lipinski definition) is 6. The summed E-state index contributed by atoms with van der Waals surface area (Å²) in [6.07, 6.45) is -10.1. The van der Waals surface area contributed by atoms with Crippen molar-refractivity contribution in [1.82, 2.24) is 15.0 Å². The van der Waals surface area contributed by atoms with E-state index in [2.05, 4.69) is 20.3 Å². The minimum atomic E-state index is -4.69. The van der Waals surface area contributed by atoms with Crippen LogP contribution in [0.1, 0.15) is 38.4 Å².